The van der Waals surface area contributed by atoms with Gasteiger partial charge in [0.1, 0.15) is 5.82 Å². The molecule has 0 N–H and O–H groups in total. The molecule has 2 aliphatic rings. The van der Waals surface area contributed by atoms with E-state index in [1.165, 1.54) is 12.8 Å². The fourth-order valence-corrected chi connectivity index (χ4v) is 4.50. The van der Waals surface area contributed by atoms with Gasteiger partial charge in [0.05, 0.1) is 0 Å². The van der Waals surface area contributed by atoms with Crippen LogP contribution in [0.3, 0.4) is 0 Å². The summed E-state index contributed by atoms with van der Waals surface area (Å²) in [7, 11) is 0. The van der Waals surface area contributed by atoms with Crippen molar-refractivity contribution in [1.82, 2.24) is 20.0 Å². The highest BCUT2D eigenvalue weighted by atomic mass is 16.5. The van der Waals surface area contributed by atoms with Crippen molar-refractivity contribution in [2.75, 3.05) is 31.1 Å². The number of hydrogen-bond acceptors (Lipinski definition) is 6. The summed E-state index contributed by atoms with van der Waals surface area (Å²) in [5.74, 6) is 2.78. The first-order valence-corrected chi connectivity index (χ1v) is 11.1. The molecule has 0 bridgehead atoms. The summed E-state index contributed by atoms with van der Waals surface area (Å²) < 4.78 is 5.49. The average molecular weight is 418 g/mol. The first-order chi connectivity index (χ1) is 15.2. The Balaban J connectivity index is 1.21. The molecular formula is C24H27N5O2. The van der Waals surface area contributed by atoms with Gasteiger partial charge in [0, 0.05) is 49.4 Å². The van der Waals surface area contributed by atoms with Crippen molar-refractivity contribution in [3.63, 3.8) is 0 Å². The van der Waals surface area contributed by atoms with E-state index in [4.69, 9.17) is 4.52 Å². The molecule has 31 heavy (non-hydrogen) atoms. The van der Waals surface area contributed by atoms with Gasteiger partial charge in [0.25, 0.3) is 5.91 Å². The van der Waals surface area contributed by atoms with Gasteiger partial charge in [-0.3, -0.25) is 4.79 Å². The third-order valence-electron chi connectivity index (χ3n) is 6.31. The molecular weight excluding hydrogens is 390 g/mol. The van der Waals surface area contributed by atoms with Crippen LogP contribution in [0.1, 0.15) is 53.4 Å². The maximum absolute atomic E-state index is 12.8. The zero-order valence-corrected chi connectivity index (χ0v) is 17.8. The van der Waals surface area contributed by atoms with E-state index in [2.05, 4.69) is 20.0 Å². The SMILES string of the molecule is Cc1cccc(C(=O)N2CCN(c3ccc(-c4noc(C5CCCC5)n4)cn3)CC2)c1. The van der Waals surface area contributed by atoms with Crippen molar-refractivity contribution in [3.05, 3.63) is 59.6 Å². The third-order valence-corrected chi connectivity index (χ3v) is 6.31. The van der Waals surface area contributed by atoms with Crippen LogP contribution < -0.4 is 4.90 Å². The van der Waals surface area contributed by atoms with E-state index in [9.17, 15) is 4.79 Å². The van der Waals surface area contributed by atoms with E-state index in [0.29, 0.717) is 24.8 Å². The quantitative estimate of drug-likeness (QED) is 0.637. The van der Waals surface area contributed by atoms with Crippen molar-refractivity contribution in [1.29, 1.82) is 0 Å². The molecule has 3 aromatic rings. The van der Waals surface area contributed by atoms with Crippen LogP contribution in [0.25, 0.3) is 11.4 Å². The molecule has 2 aromatic heterocycles. The summed E-state index contributed by atoms with van der Waals surface area (Å²) in [6.07, 6.45) is 6.56. The fraction of sp³-hybridized carbons (Fsp3) is 0.417. The third kappa shape index (κ3) is 4.17. The van der Waals surface area contributed by atoms with Gasteiger partial charge < -0.3 is 14.3 Å². The first-order valence-electron chi connectivity index (χ1n) is 11.1. The van der Waals surface area contributed by atoms with Crippen LogP contribution in [0, 0.1) is 6.92 Å². The Labute approximate surface area is 182 Å². The molecule has 1 saturated heterocycles. The summed E-state index contributed by atoms with van der Waals surface area (Å²) in [5.41, 5.74) is 2.73. The molecule has 5 rings (SSSR count). The zero-order valence-electron chi connectivity index (χ0n) is 17.8. The van der Waals surface area contributed by atoms with Crippen molar-refractivity contribution in [3.8, 4) is 11.4 Å². The van der Waals surface area contributed by atoms with Gasteiger partial charge in [-0.15, -0.1) is 0 Å². The van der Waals surface area contributed by atoms with E-state index < -0.39 is 0 Å². The number of piperazine rings is 1. The Bertz CT molecular complexity index is 1050. The van der Waals surface area contributed by atoms with Gasteiger partial charge in [-0.25, -0.2) is 4.98 Å². The summed E-state index contributed by atoms with van der Waals surface area (Å²) in [4.78, 5) is 26.1. The molecule has 0 spiro atoms. The topological polar surface area (TPSA) is 75.4 Å². The number of hydrogen-bond donors (Lipinski definition) is 0. The molecule has 7 nitrogen and oxygen atoms in total. The number of carbonyl (C=O) groups is 1. The molecule has 7 heteroatoms. The van der Waals surface area contributed by atoms with Gasteiger partial charge in [-0.2, -0.15) is 4.98 Å². The largest absolute Gasteiger partial charge is 0.353 e. The molecule has 3 heterocycles. The van der Waals surface area contributed by atoms with Gasteiger partial charge in [-0.05, 0) is 44.0 Å². The summed E-state index contributed by atoms with van der Waals surface area (Å²) in [6.45, 7) is 4.90. The number of aryl methyl sites for hydroxylation is 1. The molecule has 1 amide bonds. The van der Waals surface area contributed by atoms with Crippen molar-refractivity contribution >= 4 is 11.7 Å². The van der Waals surface area contributed by atoms with E-state index >= 15 is 0 Å². The standard InChI is InChI=1S/C24H27N5O2/c1-17-5-4-8-19(15-17)24(30)29-13-11-28(12-14-29)21-10-9-20(16-25-21)22-26-23(31-27-22)18-6-2-3-7-18/h4-5,8-10,15-16,18H,2-3,6-7,11-14H2,1H3. The van der Waals surface area contributed by atoms with Gasteiger partial charge in [0.2, 0.25) is 11.7 Å². The van der Waals surface area contributed by atoms with Crippen LogP contribution in [0.2, 0.25) is 0 Å². The molecule has 0 atom stereocenters. The Morgan fingerprint density at radius 3 is 2.58 bits per heavy atom. The maximum Gasteiger partial charge on any atom is 0.253 e. The second-order valence-corrected chi connectivity index (χ2v) is 8.49. The molecule has 1 aliphatic heterocycles. The number of anilines is 1. The van der Waals surface area contributed by atoms with Gasteiger partial charge in [-0.1, -0.05) is 35.7 Å². The number of aromatic nitrogens is 3. The Morgan fingerprint density at radius 2 is 1.87 bits per heavy atom. The van der Waals surface area contributed by atoms with Crippen LogP contribution in [0.5, 0.6) is 0 Å². The smallest absolute Gasteiger partial charge is 0.253 e. The number of pyridine rings is 1. The molecule has 0 radical (unpaired) electrons. The molecule has 1 aliphatic carbocycles. The minimum absolute atomic E-state index is 0.0989. The number of nitrogens with zero attached hydrogens (tertiary/aromatic N) is 5. The van der Waals surface area contributed by atoms with E-state index in [-0.39, 0.29) is 5.91 Å². The number of benzene rings is 1. The van der Waals surface area contributed by atoms with Crippen LogP contribution in [0.15, 0.2) is 47.1 Å². The minimum atomic E-state index is 0.0989. The van der Waals surface area contributed by atoms with Crippen LogP contribution in [-0.2, 0) is 0 Å². The van der Waals surface area contributed by atoms with Crippen LogP contribution >= 0.6 is 0 Å². The predicted octanol–water partition coefficient (Wildman–Crippen LogP) is 4.06. The number of carbonyl (C=O) groups excluding carboxylic acids is 1. The van der Waals surface area contributed by atoms with E-state index in [1.807, 2.05) is 54.4 Å². The van der Waals surface area contributed by atoms with Gasteiger partial charge >= 0.3 is 0 Å². The number of amides is 1. The lowest BCUT2D eigenvalue weighted by atomic mass is 10.1. The highest BCUT2D eigenvalue weighted by Crippen LogP contribution is 2.33. The molecule has 2 fully saturated rings. The Kier molecular flexibility index (Phi) is 5.40. The first kappa shape index (κ1) is 19.7. The highest BCUT2D eigenvalue weighted by Gasteiger charge is 2.25. The molecule has 160 valence electrons. The molecule has 1 aromatic carbocycles. The van der Waals surface area contributed by atoms with E-state index in [0.717, 1.165) is 54.3 Å². The summed E-state index contributed by atoms with van der Waals surface area (Å²) in [6, 6.07) is 11.8. The van der Waals surface area contributed by atoms with Crippen molar-refractivity contribution < 1.29 is 9.32 Å². The molecule has 1 saturated carbocycles. The Hall–Kier alpha value is -3.22. The summed E-state index contributed by atoms with van der Waals surface area (Å²) >= 11 is 0. The predicted molar refractivity (Wildman–Crippen MR) is 118 cm³/mol. The monoisotopic (exact) mass is 417 g/mol. The zero-order chi connectivity index (χ0) is 21.2. The maximum atomic E-state index is 12.8. The van der Waals surface area contributed by atoms with Crippen molar-refractivity contribution in [2.24, 2.45) is 0 Å². The second-order valence-electron chi connectivity index (χ2n) is 8.49. The second kappa shape index (κ2) is 8.49. The van der Waals surface area contributed by atoms with Crippen molar-refractivity contribution in [2.45, 2.75) is 38.5 Å². The summed E-state index contributed by atoms with van der Waals surface area (Å²) in [5, 5.41) is 4.15. The lowest BCUT2D eigenvalue weighted by Gasteiger charge is -2.35. The normalized spacial score (nSPS) is 17.3. The fourth-order valence-electron chi connectivity index (χ4n) is 4.50. The number of rotatable bonds is 4. The molecule has 0 unspecified atom stereocenters. The average Bonchev–Trinajstić information content (AvgIpc) is 3.51. The highest BCUT2D eigenvalue weighted by molar-refractivity contribution is 5.94. The van der Waals surface area contributed by atoms with Gasteiger partial charge in [0.15, 0.2) is 0 Å². The van der Waals surface area contributed by atoms with E-state index in [1.54, 1.807) is 0 Å². The van der Waals surface area contributed by atoms with Crippen LogP contribution in [-0.4, -0.2) is 52.1 Å². The Morgan fingerprint density at radius 1 is 1.06 bits per heavy atom. The lowest BCUT2D eigenvalue weighted by Crippen LogP contribution is -2.49. The lowest BCUT2D eigenvalue weighted by molar-refractivity contribution is 0.0746. The minimum Gasteiger partial charge on any atom is -0.353 e. The van der Waals surface area contributed by atoms with Crippen LogP contribution in [0.4, 0.5) is 5.82 Å².